The molecule has 0 radical (unpaired) electrons. The Kier molecular flexibility index (Phi) is 3.83. The third-order valence-corrected chi connectivity index (χ3v) is 4.14. The summed E-state index contributed by atoms with van der Waals surface area (Å²) >= 11 is 0. The van der Waals surface area contributed by atoms with E-state index >= 15 is 0 Å². The van der Waals surface area contributed by atoms with E-state index in [2.05, 4.69) is 28.9 Å². The quantitative estimate of drug-likeness (QED) is 0.839. The number of nitrogens with zero attached hydrogens (tertiary/aromatic N) is 4. The van der Waals surface area contributed by atoms with Crippen LogP contribution in [0, 0.1) is 0 Å². The summed E-state index contributed by atoms with van der Waals surface area (Å²) < 4.78 is 0. The number of rotatable bonds is 2. The molecule has 0 aliphatic carbocycles. The van der Waals surface area contributed by atoms with Crippen LogP contribution in [0.2, 0.25) is 0 Å². The van der Waals surface area contributed by atoms with Crippen LogP contribution in [0.15, 0.2) is 30.5 Å². The molecule has 0 bridgehead atoms. The highest BCUT2D eigenvalue weighted by Crippen LogP contribution is 2.20. The summed E-state index contributed by atoms with van der Waals surface area (Å²) in [6, 6.07) is 8.67. The first-order valence-electron chi connectivity index (χ1n) is 7.37. The summed E-state index contributed by atoms with van der Waals surface area (Å²) in [5.74, 6) is 1.01. The molecule has 1 aliphatic rings. The number of likely N-dealkylation sites (N-methyl/N-ethyl adjacent to an activating group) is 1. The maximum absolute atomic E-state index is 4.78. The summed E-state index contributed by atoms with van der Waals surface area (Å²) in [7, 11) is 4.33. The van der Waals surface area contributed by atoms with E-state index in [-0.39, 0.29) is 0 Å². The van der Waals surface area contributed by atoms with Crippen molar-refractivity contribution in [3.8, 4) is 0 Å². The number of benzene rings is 1. The van der Waals surface area contributed by atoms with Gasteiger partial charge in [-0.15, -0.1) is 0 Å². The number of anilines is 1. The fraction of sp³-hybridized carbons (Fsp3) is 0.500. The Balaban J connectivity index is 1.88. The molecule has 1 aromatic heterocycles. The second-order valence-electron chi connectivity index (χ2n) is 5.78. The summed E-state index contributed by atoms with van der Waals surface area (Å²) in [5.41, 5.74) is 1.95. The van der Waals surface area contributed by atoms with Gasteiger partial charge in [-0.2, -0.15) is 0 Å². The lowest BCUT2D eigenvalue weighted by Crippen LogP contribution is -2.39. The fourth-order valence-corrected chi connectivity index (χ4v) is 2.85. The maximum Gasteiger partial charge on any atom is 0.147 e. The van der Waals surface area contributed by atoms with E-state index in [0.717, 1.165) is 29.9 Å². The number of aromatic nitrogens is 2. The maximum atomic E-state index is 4.78. The Morgan fingerprint density at radius 2 is 1.95 bits per heavy atom. The zero-order valence-electron chi connectivity index (χ0n) is 12.3. The van der Waals surface area contributed by atoms with Crippen molar-refractivity contribution in [1.82, 2.24) is 14.9 Å². The Hall–Kier alpha value is -1.68. The average Bonchev–Trinajstić information content (AvgIpc) is 2.73. The third kappa shape index (κ3) is 2.75. The first kappa shape index (κ1) is 13.3. The molecule has 1 aliphatic heterocycles. The van der Waals surface area contributed by atoms with Gasteiger partial charge in [0.05, 0.1) is 17.2 Å². The molecule has 4 heteroatoms. The van der Waals surface area contributed by atoms with E-state index in [1.807, 2.05) is 30.5 Å². The third-order valence-electron chi connectivity index (χ3n) is 4.14. The van der Waals surface area contributed by atoms with Crippen LogP contribution < -0.4 is 4.90 Å². The van der Waals surface area contributed by atoms with Crippen LogP contribution >= 0.6 is 0 Å². The molecule has 0 spiro atoms. The smallest absolute Gasteiger partial charge is 0.147 e. The molecular formula is C16H22N4. The topological polar surface area (TPSA) is 32.3 Å². The second kappa shape index (κ2) is 5.75. The molecule has 106 valence electrons. The first-order chi connectivity index (χ1) is 9.74. The molecule has 1 atom stereocenters. The standard InChI is InChI=1S/C16H22N4/c1-19(2)13-7-5-6-10-20(12-13)16-11-17-14-8-3-4-9-15(14)18-16/h3-4,8-9,11,13H,5-7,10,12H2,1-2H3. The number of fused-ring (bicyclic) bond motifs is 1. The van der Waals surface area contributed by atoms with Crippen molar-refractivity contribution in [3.63, 3.8) is 0 Å². The molecule has 2 aromatic rings. The van der Waals surface area contributed by atoms with Crippen LogP contribution in [0.25, 0.3) is 11.0 Å². The van der Waals surface area contributed by atoms with Crippen LogP contribution in [0.4, 0.5) is 5.82 Å². The molecule has 1 aromatic carbocycles. The van der Waals surface area contributed by atoms with Gasteiger partial charge in [-0.3, -0.25) is 4.98 Å². The summed E-state index contributed by atoms with van der Waals surface area (Å²) in [5, 5.41) is 0. The average molecular weight is 270 g/mol. The number of hydrogen-bond acceptors (Lipinski definition) is 4. The Morgan fingerprint density at radius 1 is 1.15 bits per heavy atom. The van der Waals surface area contributed by atoms with Gasteiger partial charge in [-0.1, -0.05) is 18.6 Å². The van der Waals surface area contributed by atoms with Gasteiger partial charge in [0.25, 0.3) is 0 Å². The van der Waals surface area contributed by atoms with Crippen molar-refractivity contribution in [2.45, 2.75) is 25.3 Å². The van der Waals surface area contributed by atoms with Crippen molar-refractivity contribution in [2.24, 2.45) is 0 Å². The molecule has 1 fully saturated rings. The van der Waals surface area contributed by atoms with Gasteiger partial charge in [-0.25, -0.2) is 4.98 Å². The molecule has 20 heavy (non-hydrogen) atoms. The molecular weight excluding hydrogens is 248 g/mol. The Morgan fingerprint density at radius 3 is 2.75 bits per heavy atom. The van der Waals surface area contributed by atoms with Crippen LogP contribution in [-0.2, 0) is 0 Å². The molecule has 4 nitrogen and oxygen atoms in total. The summed E-state index contributed by atoms with van der Waals surface area (Å²) in [6.07, 6.45) is 5.71. The summed E-state index contributed by atoms with van der Waals surface area (Å²) in [4.78, 5) is 14.0. The molecule has 0 saturated carbocycles. The van der Waals surface area contributed by atoms with Gasteiger partial charge in [0.15, 0.2) is 0 Å². The molecule has 1 unspecified atom stereocenters. The van der Waals surface area contributed by atoms with Gasteiger partial charge in [-0.05, 0) is 39.1 Å². The minimum absolute atomic E-state index is 0.603. The zero-order chi connectivity index (χ0) is 13.9. The monoisotopic (exact) mass is 270 g/mol. The predicted octanol–water partition coefficient (Wildman–Crippen LogP) is 2.55. The van der Waals surface area contributed by atoms with E-state index in [4.69, 9.17) is 4.98 Å². The molecule has 0 N–H and O–H groups in total. The molecule has 3 rings (SSSR count). The largest absolute Gasteiger partial charge is 0.354 e. The van der Waals surface area contributed by atoms with Crippen molar-refractivity contribution < 1.29 is 0 Å². The van der Waals surface area contributed by atoms with Crippen LogP contribution in [0.1, 0.15) is 19.3 Å². The molecule has 0 amide bonds. The van der Waals surface area contributed by atoms with E-state index in [1.54, 1.807) is 0 Å². The Bertz CT molecular complexity index is 581. The van der Waals surface area contributed by atoms with E-state index in [9.17, 15) is 0 Å². The molecule has 1 saturated heterocycles. The number of para-hydroxylation sites is 2. The number of hydrogen-bond donors (Lipinski definition) is 0. The van der Waals surface area contributed by atoms with Gasteiger partial charge in [0, 0.05) is 19.1 Å². The van der Waals surface area contributed by atoms with Crippen molar-refractivity contribution in [1.29, 1.82) is 0 Å². The normalized spacial score (nSPS) is 20.4. The van der Waals surface area contributed by atoms with Gasteiger partial charge < -0.3 is 9.80 Å². The van der Waals surface area contributed by atoms with Gasteiger partial charge in [0.2, 0.25) is 0 Å². The highest BCUT2D eigenvalue weighted by molar-refractivity contribution is 5.75. The highest BCUT2D eigenvalue weighted by Gasteiger charge is 2.20. The lowest BCUT2D eigenvalue weighted by Gasteiger charge is -2.29. The van der Waals surface area contributed by atoms with E-state index < -0.39 is 0 Å². The summed E-state index contributed by atoms with van der Waals surface area (Å²) in [6.45, 7) is 2.12. The predicted molar refractivity (Wildman–Crippen MR) is 83.1 cm³/mol. The minimum Gasteiger partial charge on any atom is -0.354 e. The lowest BCUT2D eigenvalue weighted by molar-refractivity contribution is 0.285. The van der Waals surface area contributed by atoms with Gasteiger partial charge >= 0.3 is 0 Å². The van der Waals surface area contributed by atoms with Crippen LogP contribution in [0.5, 0.6) is 0 Å². The van der Waals surface area contributed by atoms with Gasteiger partial charge in [0.1, 0.15) is 5.82 Å². The van der Waals surface area contributed by atoms with Crippen molar-refractivity contribution in [2.75, 3.05) is 32.1 Å². The van der Waals surface area contributed by atoms with Crippen molar-refractivity contribution >= 4 is 16.9 Å². The van der Waals surface area contributed by atoms with Crippen molar-refractivity contribution in [3.05, 3.63) is 30.5 Å². The molecule has 2 heterocycles. The second-order valence-corrected chi connectivity index (χ2v) is 5.78. The minimum atomic E-state index is 0.603. The van der Waals surface area contributed by atoms with Crippen LogP contribution in [0.3, 0.4) is 0 Å². The SMILES string of the molecule is CN(C)C1CCCCN(c2cnc3ccccc3n2)C1. The first-order valence-corrected chi connectivity index (χ1v) is 7.37. The van der Waals surface area contributed by atoms with E-state index in [1.165, 1.54) is 19.3 Å². The zero-order valence-corrected chi connectivity index (χ0v) is 12.3. The highest BCUT2D eigenvalue weighted by atomic mass is 15.2. The Labute approximate surface area is 120 Å². The van der Waals surface area contributed by atoms with E-state index in [0.29, 0.717) is 6.04 Å². The fourth-order valence-electron chi connectivity index (χ4n) is 2.85. The van der Waals surface area contributed by atoms with Crippen LogP contribution in [-0.4, -0.2) is 48.1 Å². The lowest BCUT2D eigenvalue weighted by atomic mass is 10.1.